The summed E-state index contributed by atoms with van der Waals surface area (Å²) in [7, 11) is 1.59. The molecule has 32 heavy (non-hydrogen) atoms. The largest absolute Gasteiger partial charge is 0.495 e. The molecule has 0 radical (unpaired) electrons. The normalized spacial score (nSPS) is 18.3. The number of carbonyl (C=O) groups excluding carboxylic acids is 1. The number of ether oxygens (including phenoxy) is 1. The van der Waals surface area contributed by atoms with Crippen molar-refractivity contribution < 1.29 is 9.53 Å². The fraction of sp³-hybridized carbons (Fsp3) is 0.375. The van der Waals surface area contributed by atoms with E-state index in [9.17, 15) is 4.79 Å². The van der Waals surface area contributed by atoms with Gasteiger partial charge in [-0.1, -0.05) is 73.5 Å². The number of halogens is 1. The molecule has 2 atom stereocenters. The summed E-state index contributed by atoms with van der Waals surface area (Å²) in [5.74, 6) is 2.11. The number of aromatic nitrogens is 3. The van der Waals surface area contributed by atoms with Gasteiger partial charge in [-0.05, 0) is 37.0 Å². The second-order valence-electron chi connectivity index (χ2n) is 8.05. The van der Waals surface area contributed by atoms with Crippen molar-refractivity contribution in [3.63, 3.8) is 0 Å². The van der Waals surface area contributed by atoms with E-state index in [2.05, 4.69) is 22.4 Å². The van der Waals surface area contributed by atoms with Crippen LogP contribution < -0.4 is 10.1 Å². The van der Waals surface area contributed by atoms with Crippen LogP contribution in [0.4, 0.5) is 0 Å². The molecule has 0 unspecified atom stereocenters. The highest BCUT2D eigenvalue weighted by Gasteiger charge is 2.24. The van der Waals surface area contributed by atoms with Crippen molar-refractivity contribution in [1.82, 2.24) is 20.1 Å². The lowest BCUT2D eigenvalue weighted by Gasteiger charge is -2.29. The second-order valence-corrected chi connectivity index (χ2v) is 9.40. The predicted molar refractivity (Wildman–Crippen MR) is 129 cm³/mol. The Balaban J connectivity index is 1.59. The molecule has 3 aromatic rings. The molecule has 0 saturated heterocycles. The van der Waals surface area contributed by atoms with E-state index in [1.807, 2.05) is 53.1 Å². The van der Waals surface area contributed by atoms with Gasteiger partial charge in [0.25, 0.3) is 0 Å². The number of benzene rings is 2. The molecule has 1 saturated carbocycles. The van der Waals surface area contributed by atoms with Gasteiger partial charge in [-0.25, -0.2) is 0 Å². The molecule has 2 aromatic carbocycles. The predicted octanol–water partition coefficient (Wildman–Crippen LogP) is 5.38. The van der Waals surface area contributed by atoms with Gasteiger partial charge in [-0.3, -0.25) is 9.36 Å². The van der Waals surface area contributed by atoms with Crippen LogP contribution in [0.25, 0.3) is 17.1 Å². The van der Waals surface area contributed by atoms with Gasteiger partial charge in [-0.2, -0.15) is 0 Å². The van der Waals surface area contributed by atoms with Crippen LogP contribution in [0.2, 0.25) is 5.02 Å². The lowest BCUT2D eigenvalue weighted by Crippen LogP contribution is -2.41. The maximum atomic E-state index is 12.7. The van der Waals surface area contributed by atoms with Gasteiger partial charge < -0.3 is 10.1 Å². The van der Waals surface area contributed by atoms with Crippen LogP contribution in [0.1, 0.15) is 32.6 Å². The minimum Gasteiger partial charge on any atom is -0.495 e. The number of nitrogens with zero attached hydrogens (tertiary/aromatic N) is 3. The molecule has 0 bridgehead atoms. The first-order valence-corrected chi connectivity index (χ1v) is 12.2. The second kappa shape index (κ2) is 10.4. The summed E-state index contributed by atoms with van der Waals surface area (Å²) in [6, 6.07) is 15.7. The van der Waals surface area contributed by atoms with Crippen molar-refractivity contribution in [3.8, 4) is 22.8 Å². The van der Waals surface area contributed by atoms with Gasteiger partial charge in [-0.15, -0.1) is 10.2 Å². The van der Waals surface area contributed by atoms with Crippen molar-refractivity contribution in [3.05, 3.63) is 53.6 Å². The molecule has 0 aliphatic heterocycles. The lowest BCUT2D eigenvalue weighted by molar-refractivity contribution is -0.119. The summed E-state index contributed by atoms with van der Waals surface area (Å²) in [6.45, 7) is 2.22. The number of thioether (sulfide) groups is 1. The van der Waals surface area contributed by atoms with E-state index in [4.69, 9.17) is 16.3 Å². The first kappa shape index (κ1) is 22.7. The van der Waals surface area contributed by atoms with E-state index >= 15 is 0 Å². The molecule has 4 rings (SSSR count). The molecule has 6 nitrogen and oxygen atoms in total. The molecule has 0 spiro atoms. The molecule has 1 aliphatic rings. The van der Waals surface area contributed by atoms with E-state index in [0.29, 0.717) is 27.7 Å². The summed E-state index contributed by atoms with van der Waals surface area (Å²) in [5, 5.41) is 13.2. The van der Waals surface area contributed by atoms with E-state index in [-0.39, 0.29) is 17.7 Å². The minimum absolute atomic E-state index is 0.0253. The zero-order chi connectivity index (χ0) is 22.5. The summed E-state index contributed by atoms with van der Waals surface area (Å²) in [6.07, 6.45) is 4.65. The van der Waals surface area contributed by atoms with Gasteiger partial charge in [0.15, 0.2) is 11.0 Å². The van der Waals surface area contributed by atoms with Crippen LogP contribution in [0.3, 0.4) is 0 Å². The Morgan fingerprint density at radius 1 is 1.19 bits per heavy atom. The number of carbonyl (C=O) groups is 1. The van der Waals surface area contributed by atoms with Gasteiger partial charge in [0.05, 0.1) is 23.6 Å². The molecule has 1 fully saturated rings. The lowest BCUT2D eigenvalue weighted by atomic mass is 9.86. The minimum atomic E-state index is 0.0253. The van der Waals surface area contributed by atoms with E-state index < -0.39 is 0 Å². The van der Waals surface area contributed by atoms with Crippen LogP contribution >= 0.6 is 23.4 Å². The Kier molecular flexibility index (Phi) is 7.37. The average Bonchev–Trinajstić information content (AvgIpc) is 3.24. The molecule has 1 aliphatic carbocycles. The molecular weight excluding hydrogens is 444 g/mol. The van der Waals surface area contributed by atoms with Crippen molar-refractivity contribution in [2.24, 2.45) is 5.92 Å². The fourth-order valence-electron chi connectivity index (χ4n) is 4.07. The molecular formula is C24H27ClN4O2S. The van der Waals surface area contributed by atoms with Crippen LogP contribution in [0.5, 0.6) is 5.75 Å². The Morgan fingerprint density at radius 3 is 2.69 bits per heavy atom. The molecule has 1 amide bonds. The highest BCUT2D eigenvalue weighted by atomic mass is 35.5. The fourth-order valence-corrected chi connectivity index (χ4v) is 5.09. The Morgan fingerprint density at radius 2 is 1.97 bits per heavy atom. The molecule has 1 heterocycles. The smallest absolute Gasteiger partial charge is 0.230 e. The Labute approximate surface area is 197 Å². The third-order valence-corrected chi connectivity index (χ3v) is 7.07. The quantitative estimate of drug-likeness (QED) is 0.469. The maximum Gasteiger partial charge on any atom is 0.230 e. The van der Waals surface area contributed by atoms with Gasteiger partial charge in [0, 0.05) is 11.6 Å². The van der Waals surface area contributed by atoms with E-state index in [1.54, 1.807) is 7.11 Å². The third-order valence-electron chi connectivity index (χ3n) is 5.85. The zero-order valence-electron chi connectivity index (χ0n) is 18.3. The summed E-state index contributed by atoms with van der Waals surface area (Å²) >= 11 is 7.77. The van der Waals surface area contributed by atoms with Crippen LogP contribution in [0, 0.1) is 5.92 Å². The Bertz CT molecular complexity index is 1070. The van der Waals surface area contributed by atoms with E-state index in [1.165, 1.54) is 31.0 Å². The van der Waals surface area contributed by atoms with Gasteiger partial charge >= 0.3 is 0 Å². The highest BCUT2D eigenvalue weighted by molar-refractivity contribution is 7.99. The van der Waals surface area contributed by atoms with Gasteiger partial charge in [0.1, 0.15) is 5.75 Å². The first-order valence-electron chi connectivity index (χ1n) is 10.8. The van der Waals surface area contributed by atoms with Crippen LogP contribution in [-0.2, 0) is 4.79 Å². The molecule has 1 aromatic heterocycles. The third kappa shape index (κ3) is 5.10. The van der Waals surface area contributed by atoms with Crippen molar-refractivity contribution in [1.29, 1.82) is 0 Å². The number of nitrogens with one attached hydrogen (secondary N) is 1. The number of hydrogen-bond acceptors (Lipinski definition) is 5. The number of methoxy groups -OCH3 is 1. The van der Waals surface area contributed by atoms with Crippen LogP contribution in [0.15, 0.2) is 53.7 Å². The molecule has 1 N–H and O–H groups in total. The number of amides is 1. The topological polar surface area (TPSA) is 69.0 Å². The van der Waals surface area contributed by atoms with E-state index in [0.717, 1.165) is 17.7 Å². The SMILES string of the molecule is COc1ccc(-n2c(SCC(=O)N[C@@H]3CCCC[C@@H]3C)nnc2-c2ccccc2)cc1Cl. The standard InChI is InChI=1S/C24H27ClN4O2S/c1-16-8-6-7-11-20(16)26-22(30)15-32-24-28-27-23(17-9-4-3-5-10-17)29(24)18-12-13-21(31-2)19(25)14-18/h3-5,9-10,12-14,16,20H,6-8,11,15H2,1-2H3,(H,26,30)/t16-,20+/m0/s1. The molecule has 168 valence electrons. The first-order chi connectivity index (χ1) is 15.6. The summed E-state index contributed by atoms with van der Waals surface area (Å²) < 4.78 is 7.22. The van der Waals surface area contributed by atoms with Crippen molar-refractivity contribution >= 4 is 29.3 Å². The zero-order valence-corrected chi connectivity index (χ0v) is 19.8. The van der Waals surface area contributed by atoms with Gasteiger partial charge in [0.2, 0.25) is 5.91 Å². The molecule has 8 heteroatoms. The highest BCUT2D eigenvalue weighted by Crippen LogP contribution is 2.32. The number of rotatable bonds is 7. The summed E-state index contributed by atoms with van der Waals surface area (Å²) in [5.41, 5.74) is 1.74. The monoisotopic (exact) mass is 470 g/mol. The average molecular weight is 471 g/mol. The Hall–Kier alpha value is -2.51. The van der Waals surface area contributed by atoms with Crippen molar-refractivity contribution in [2.45, 2.75) is 43.8 Å². The summed E-state index contributed by atoms with van der Waals surface area (Å²) in [4.78, 5) is 12.7. The maximum absolute atomic E-state index is 12.7. The van der Waals surface area contributed by atoms with Crippen LogP contribution in [-0.4, -0.2) is 39.6 Å². The van der Waals surface area contributed by atoms with Crippen molar-refractivity contribution in [2.75, 3.05) is 12.9 Å². The number of hydrogen-bond donors (Lipinski definition) is 1.